The summed E-state index contributed by atoms with van der Waals surface area (Å²) >= 11 is 7.43. The molecule has 1 aliphatic heterocycles. The zero-order valence-corrected chi connectivity index (χ0v) is 22.4. The molecule has 0 bridgehead atoms. The monoisotopic (exact) mass is 554 g/mol. The molecule has 3 aromatic carbocycles. The summed E-state index contributed by atoms with van der Waals surface area (Å²) in [6, 6.07) is 21.4. The number of benzene rings is 3. The molecule has 0 saturated heterocycles. The van der Waals surface area contributed by atoms with Crippen LogP contribution >= 0.6 is 23.4 Å². The van der Waals surface area contributed by atoms with E-state index < -0.39 is 12.1 Å². The number of rotatable bonds is 10. The van der Waals surface area contributed by atoms with Gasteiger partial charge in [0.05, 0.1) is 24.6 Å². The fourth-order valence-corrected chi connectivity index (χ4v) is 4.84. The van der Waals surface area contributed by atoms with Crippen molar-refractivity contribution in [2.45, 2.75) is 18.4 Å². The van der Waals surface area contributed by atoms with E-state index in [0.29, 0.717) is 35.4 Å². The van der Waals surface area contributed by atoms with E-state index in [-0.39, 0.29) is 25.6 Å². The number of para-hydroxylation sites is 1. The second-order valence-corrected chi connectivity index (χ2v) is 9.73. The number of carbonyl (C=O) groups is 3. The number of nitrogens with zero attached hydrogens (tertiary/aromatic N) is 2. The number of halogens is 1. The summed E-state index contributed by atoms with van der Waals surface area (Å²) in [6.45, 7) is 2.53. The van der Waals surface area contributed by atoms with Crippen LogP contribution in [-0.4, -0.2) is 54.9 Å². The van der Waals surface area contributed by atoms with Crippen molar-refractivity contribution in [2.75, 3.05) is 37.0 Å². The van der Waals surface area contributed by atoms with Crippen LogP contribution in [0.2, 0.25) is 5.02 Å². The molecule has 0 aliphatic carbocycles. The minimum absolute atomic E-state index is 0.0554. The van der Waals surface area contributed by atoms with Gasteiger partial charge in [0.2, 0.25) is 5.91 Å². The van der Waals surface area contributed by atoms with Gasteiger partial charge in [-0.05, 0) is 61.0 Å². The van der Waals surface area contributed by atoms with Crippen molar-refractivity contribution < 1.29 is 28.6 Å². The molecule has 1 heterocycles. The van der Waals surface area contributed by atoms with Crippen molar-refractivity contribution in [1.82, 2.24) is 4.90 Å². The Morgan fingerprint density at radius 2 is 1.71 bits per heavy atom. The molecular formula is C28H27ClN2O6S. The Kier molecular flexibility index (Phi) is 9.51. The molecule has 8 nitrogen and oxygen atoms in total. The van der Waals surface area contributed by atoms with Gasteiger partial charge in [-0.2, -0.15) is 0 Å². The second-order valence-electron chi connectivity index (χ2n) is 8.28. The van der Waals surface area contributed by atoms with Crippen molar-refractivity contribution in [3.8, 4) is 11.5 Å². The second kappa shape index (κ2) is 13.2. The highest BCUT2D eigenvalue weighted by Crippen LogP contribution is 2.34. The quantitative estimate of drug-likeness (QED) is 0.309. The number of hydrogen-bond donors (Lipinski definition) is 0. The topological polar surface area (TPSA) is 85.4 Å². The Labute approximate surface area is 230 Å². The summed E-state index contributed by atoms with van der Waals surface area (Å²) in [5, 5.41) is 0.516. The fraction of sp³-hybridized carbons (Fsp3) is 0.250. The van der Waals surface area contributed by atoms with E-state index in [1.807, 2.05) is 24.3 Å². The number of hydrogen-bond acceptors (Lipinski definition) is 7. The minimum Gasteiger partial charge on any atom is -0.492 e. The number of amides is 2. The first-order chi connectivity index (χ1) is 18.4. The van der Waals surface area contributed by atoms with E-state index in [1.54, 1.807) is 72.1 Å². The Balaban J connectivity index is 1.35. The van der Waals surface area contributed by atoms with Crippen molar-refractivity contribution in [1.29, 1.82) is 0 Å². The van der Waals surface area contributed by atoms with Crippen LogP contribution in [0.5, 0.6) is 11.5 Å². The van der Waals surface area contributed by atoms with Gasteiger partial charge in [0.15, 0.2) is 0 Å². The van der Waals surface area contributed by atoms with Crippen molar-refractivity contribution in [2.24, 2.45) is 0 Å². The van der Waals surface area contributed by atoms with Gasteiger partial charge in [0.25, 0.3) is 0 Å². The van der Waals surface area contributed by atoms with Crippen LogP contribution in [-0.2, 0) is 20.9 Å². The Morgan fingerprint density at radius 1 is 1.00 bits per heavy atom. The van der Waals surface area contributed by atoms with Gasteiger partial charge in [-0.15, -0.1) is 11.8 Å². The zero-order valence-electron chi connectivity index (χ0n) is 20.8. The van der Waals surface area contributed by atoms with Gasteiger partial charge in [0.1, 0.15) is 24.7 Å². The number of esters is 1. The molecule has 4 rings (SSSR count). The summed E-state index contributed by atoms with van der Waals surface area (Å²) < 4.78 is 16.3. The van der Waals surface area contributed by atoms with Crippen LogP contribution < -0.4 is 14.4 Å². The third-order valence-electron chi connectivity index (χ3n) is 5.59. The molecule has 38 heavy (non-hydrogen) atoms. The molecule has 2 amide bonds. The lowest BCUT2D eigenvalue weighted by Crippen LogP contribution is -2.38. The predicted molar refractivity (Wildman–Crippen MR) is 146 cm³/mol. The average Bonchev–Trinajstić information content (AvgIpc) is 2.92. The third kappa shape index (κ3) is 7.43. The summed E-state index contributed by atoms with van der Waals surface area (Å²) in [5.41, 5.74) is 1.67. The standard InChI is InChI=1S/C28H27ClN2O6S/c1-2-35-27(33)18-30(28(34)37-23-13-9-21(29)10-14-23)17-20-7-11-22(12-8-20)36-16-15-31-24-5-3-4-6-25(24)38-19-26(31)32/h3-14H,2,15-19H2,1H3. The van der Waals surface area contributed by atoms with Crippen molar-refractivity contribution in [3.05, 3.63) is 83.4 Å². The molecule has 198 valence electrons. The molecule has 0 fully saturated rings. The SMILES string of the molecule is CCOC(=O)CN(Cc1ccc(OCCN2C(=O)CSc3ccccc32)cc1)C(=O)Oc1ccc(Cl)cc1. The molecule has 0 aromatic heterocycles. The molecule has 3 aromatic rings. The molecule has 0 atom stereocenters. The number of carbonyl (C=O) groups excluding carboxylic acids is 3. The normalized spacial score (nSPS) is 12.5. The maximum absolute atomic E-state index is 12.8. The van der Waals surface area contributed by atoms with E-state index in [2.05, 4.69) is 0 Å². The van der Waals surface area contributed by atoms with Crippen molar-refractivity contribution in [3.63, 3.8) is 0 Å². The van der Waals surface area contributed by atoms with Gasteiger partial charge in [-0.1, -0.05) is 35.9 Å². The minimum atomic E-state index is -0.689. The lowest BCUT2D eigenvalue weighted by molar-refractivity contribution is -0.144. The fourth-order valence-electron chi connectivity index (χ4n) is 3.78. The van der Waals surface area contributed by atoms with Crippen molar-refractivity contribution >= 4 is 47.0 Å². The molecule has 0 radical (unpaired) electrons. The summed E-state index contributed by atoms with van der Waals surface area (Å²) in [6.07, 6.45) is -0.689. The molecule has 0 saturated carbocycles. The Morgan fingerprint density at radius 3 is 2.45 bits per heavy atom. The van der Waals surface area contributed by atoms with Crippen LogP contribution in [0.4, 0.5) is 10.5 Å². The summed E-state index contributed by atoms with van der Waals surface area (Å²) in [7, 11) is 0. The molecule has 1 aliphatic rings. The molecule has 10 heteroatoms. The first-order valence-corrected chi connectivity index (χ1v) is 13.4. The number of anilines is 1. The maximum Gasteiger partial charge on any atom is 0.416 e. The highest BCUT2D eigenvalue weighted by Gasteiger charge is 2.24. The van der Waals surface area contributed by atoms with Crippen LogP contribution in [0, 0.1) is 0 Å². The molecule has 0 unspecified atom stereocenters. The van der Waals surface area contributed by atoms with E-state index in [9.17, 15) is 14.4 Å². The summed E-state index contributed by atoms with van der Waals surface area (Å²) in [4.78, 5) is 41.4. The van der Waals surface area contributed by atoms with E-state index in [0.717, 1.165) is 16.1 Å². The van der Waals surface area contributed by atoms with Crippen LogP contribution in [0.25, 0.3) is 0 Å². The van der Waals surface area contributed by atoms with Gasteiger partial charge in [-0.25, -0.2) is 4.79 Å². The Bertz CT molecular complexity index is 1270. The van der Waals surface area contributed by atoms with Crippen LogP contribution in [0.15, 0.2) is 77.7 Å². The average molecular weight is 555 g/mol. The van der Waals surface area contributed by atoms with Crippen LogP contribution in [0.1, 0.15) is 12.5 Å². The molecule has 0 N–H and O–H groups in total. The third-order valence-corrected chi connectivity index (χ3v) is 6.89. The number of ether oxygens (including phenoxy) is 3. The lowest BCUT2D eigenvalue weighted by Gasteiger charge is -2.28. The highest BCUT2D eigenvalue weighted by molar-refractivity contribution is 8.00. The van der Waals surface area contributed by atoms with E-state index >= 15 is 0 Å². The number of thioether (sulfide) groups is 1. The van der Waals surface area contributed by atoms with Gasteiger partial charge < -0.3 is 19.1 Å². The maximum atomic E-state index is 12.8. The Hall–Kier alpha value is -3.69. The van der Waals surface area contributed by atoms with E-state index in [4.69, 9.17) is 25.8 Å². The van der Waals surface area contributed by atoms with E-state index in [1.165, 1.54) is 4.90 Å². The van der Waals surface area contributed by atoms with Gasteiger partial charge >= 0.3 is 12.1 Å². The molecular weight excluding hydrogens is 528 g/mol. The predicted octanol–water partition coefficient (Wildman–Crippen LogP) is 5.42. The lowest BCUT2D eigenvalue weighted by atomic mass is 10.2. The van der Waals surface area contributed by atoms with Gasteiger partial charge in [0, 0.05) is 16.5 Å². The first kappa shape index (κ1) is 27.3. The first-order valence-electron chi connectivity index (χ1n) is 12.0. The highest BCUT2D eigenvalue weighted by atomic mass is 35.5. The van der Waals surface area contributed by atoms with Crippen LogP contribution in [0.3, 0.4) is 0 Å². The smallest absolute Gasteiger partial charge is 0.416 e. The summed E-state index contributed by atoms with van der Waals surface area (Å²) in [5.74, 6) is 0.869. The largest absolute Gasteiger partial charge is 0.492 e. The number of fused-ring (bicyclic) bond motifs is 1. The zero-order chi connectivity index (χ0) is 26.9. The van der Waals surface area contributed by atoms with Gasteiger partial charge in [-0.3, -0.25) is 14.5 Å². The molecule has 0 spiro atoms.